The number of aromatic nitrogens is 4. The molecule has 10 heteroatoms. The first-order valence-electron chi connectivity index (χ1n) is 8.57. The number of hydrogen-bond acceptors (Lipinski definition) is 6. The van der Waals surface area contributed by atoms with Crippen LogP contribution < -0.4 is 5.32 Å². The van der Waals surface area contributed by atoms with Crippen LogP contribution >= 0.6 is 35.0 Å². The molecule has 3 aromatic heterocycles. The highest BCUT2D eigenvalue weighted by molar-refractivity contribution is 7.99. The highest BCUT2D eigenvalue weighted by Gasteiger charge is 2.18. The first-order valence-corrected chi connectivity index (χ1v) is 10.3. The normalized spacial score (nSPS) is 11.2. The number of carbonyl (C=O) groups excluding carboxylic acids is 1. The molecule has 0 aliphatic carbocycles. The van der Waals surface area contributed by atoms with Crippen molar-refractivity contribution < 1.29 is 9.21 Å². The molecule has 1 amide bonds. The van der Waals surface area contributed by atoms with E-state index < -0.39 is 0 Å². The number of rotatable bonds is 7. The van der Waals surface area contributed by atoms with Crippen LogP contribution in [0.2, 0.25) is 10.0 Å². The third kappa shape index (κ3) is 4.87. The summed E-state index contributed by atoms with van der Waals surface area (Å²) in [5, 5.41) is 12.5. The molecule has 148 valence electrons. The Morgan fingerprint density at radius 1 is 1.32 bits per heavy atom. The Bertz CT molecular complexity index is 973. The van der Waals surface area contributed by atoms with Crippen molar-refractivity contribution in [2.24, 2.45) is 5.92 Å². The van der Waals surface area contributed by atoms with E-state index in [9.17, 15) is 4.79 Å². The van der Waals surface area contributed by atoms with Crippen molar-refractivity contribution in [3.63, 3.8) is 0 Å². The maximum Gasteiger partial charge on any atom is 0.236 e. The van der Waals surface area contributed by atoms with Gasteiger partial charge in [0.25, 0.3) is 0 Å². The number of thioether (sulfide) groups is 1. The molecule has 0 spiro atoms. The highest BCUT2D eigenvalue weighted by atomic mass is 35.5. The lowest BCUT2D eigenvalue weighted by Crippen LogP contribution is -2.16. The monoisotopic (exact) mass is 439 g/mol. The van der Waals surface area contributed by atoms with E-state index in [-0.39, 0.29) is 22.5 Å². The number of nitrogens with one attached hydrogen (secondary N) is 1. The predicted octanol–water partition coefficient (Wildman–Crippen LogP) is 4.94. The highest BCUT2D eigenvalue weighted by Crippen LogP contribution is 2.27. The van der Waals surface area contributed by atoms with Crippen molar-refractivity contribution in [3.05, 3.63) is 40.2 Å². The Morgan fingerprint density at radius 2 is 2.11 bits per heavy atom. The van der Waals surface area contributed by atoms with Gasteiger partial charge in [-0.3, -0.25) is 9.36 Å². The average molecular weight is 440 g/mol. The van der Waals surface area contributed by atoms with Crippen LogP contribution in [0, 0.1) is 12.8 Å². The number of aryl methyl sites for hydroxylation is 1. The molecular weight excluding hydrogens is 421 g/mol. The quantitative estimate of drug-likeness (QED) is 0.524. The zero-order chi connectivity index (χ0) is 20.3. The molecule has 0 saturated heterocycles. The SMILES string of the molecule is Cc1nc(NC(=O)CSc2nnc(-c3ccco3)n2CC(C)C)c(Cl)cc1Cl. The number of anilines is 1. The molecule has 0 aliphatic rings. The molecule has 0 aliphatic heterocycles. The van der Waals surface area contributed by atoms with Crippen molar-refractivity contribution in [2.45, 2.75) is 32.5 Å². The topological polar surface area (TPSA) is 85.8 Å². The molecule has 0 bridgehead atoms. The summed E-state index contributed by atoms with van der Waals surface area (Å²) in [5.74, 6) is 1.82. The molecule has 0 radical (unpaired) electrons. The summed E-state index contributed by atoms with van der Waals surface area (Å²) >= 11 is 13.4. The Labute approximate surface area is 176 Å². The molecule has 3 aromatic rings. The van der Waals surface area contributed by atoms with Gasteiger partial charge in [-0.1, -0.05) is 48.8 Å². The maximum absolute atomic E-state index is 12.4. The molecular formula is C18H19Cl2N5O2S. The lowest BCUT2D eigenvalue weighted by atomic mass is 10.2. The van der Waals surface area contributed by atoms with Crippen molar-refractivity contribution in [1.82, 2.24) is 19.7 Å². The Balaban J connectivity index is 1.72. The van der Waals surface area contributed by atoms with Crippen molar-refractivity contribution in [2.75, 3.05) is 11.1 Å². The molecule has 0 aromatic carbocycles. The molecule has 7 nitrogen and oxygen atoms in total. The molecule has 0 fully saturated rings. The Kier molecular flexibility index (Phi) is 6.64. The second-order valence-corrected chi connectivity index (χ2v) is 8.27. The van der Waals surface area contributed by atoms with Crippen molar-refractivity contribution in [3.8, 4) is 11.6 Å². The Hall–Kier alpha value is -2.03. The van der Waals surface area contributed by atoms with E-state index in [0.717, 1.165) is 0 Å². The van der Waals surface area contributed by atoms with Crippen LogP contribution in [0.3, 0.4) is 0 Å². The van der Waals surface area contributed by atoms with Crippen LogP contribution in [0.4, 0.5) is 5.82 Å². The summed E-state index contributed by atoms with van der Waals surface area (Å²) in [6, 6.07) is 5.19. The van der Waals surface area contributed by atoms with Crippen LogP contribution in [0.25, 0.3) is 11.6 Å². The lowest BCUT2D eigenvalue weighted by molar-refractivity contribution is -0.113. The first kappa shape index (κ1) is 20.7. The fourth-order valence-corrected chi connectivity index (χ4v) is 3.61. The van der Waals surface area contributed by atoms with Gasteiger partial charge < -0.3 is 9.73 Å². The van der Waals surface area contributed by atoms with Gasteiger partial charge in [-0.25, -0.2) is 4.98 Å². The van der Waals surface area contributed by atoms with E-state index in [1.54, 1.807) is 25.3 Å². The van der Waals surface area contributed by atoms with E-state index in [1.165, 1.54) is 11.8 Å². The number of pyridine rings is 1. The maximum atomic E-state index is 12.4. The molecule has 3 rings (SSSR count). The van der Waals surface area contributed by atoms with Crippen LogP contribution in [-0.2, 0) is 11.3 Å². The van der Waals surface area contributed by atoms with Gasteiger partial charge in [0.2, 0.25) is 5.91 Å². The average Bonchev–Trinajstić information content (AvgIpc) is 3.27. The molecule has 28 heavy (non-hydrogen) atoms. The summed E-state index contributed by atoms with van der Waals surface area (Å²) in [5.41, 5.74) is 0.591. The number of furan rings is 1. The van der Waals surface area contributed by atoms with Crippen LogP contribution in [0.1, 0.15) is 19.5 Å². The molecule has 0 unspecified atom stereocenters. The fourth-order valence-electron chi connectivity index (χ4n) is 2.46. The summed E-state index contributed by atoms with van der Waals surface area (Å²) in [4.78, 5) is 16.6. The minimum Gasteiger partial charge on any atom is -0.461 e. The number of hydrogen-bond donors (Lipinski definition) is 1. The zero-order valence-electron chi connectivity index (χ0n) is 15.6. The lowest BCUT2D eigenvalue weighted by Gasteiger charge is -2.11. The summed E-state index contributed by atoms with van der Waals surface area (Å²) < 4.78 is 7.41. The number of amides is 1. The second-order valence-electron chi connectivity index (χ2n) is 6.51. The van der Waals surface area contributed by atoms with Gasteiger partial charge in [0.15, 0.2) is 22.6 Å². The predicted molar refractivity (Wildman–Crippen MR) is 111 cm³/mol. The van der Waals surface area contributed by atoms with Crippen molar-refractivity contribution >= 4 is 46.7 Å². The van der Waals surface area contributed by atoms with Gasteiger partial charge in [-0.2, -0.15) is 0 Å². The third-order valence-electron chi connectivity index (χ3n) is 3.70. The van der Waals surface area contributed by atoms with Crippen LogP contribution in [0.5, 0.6) is 0 Å². The van der Waals surface area contributed by atoms with Gasteiger partial charge in [0.05, 0.1) is 27.8 Å². The molecule has 3 heterocycles. The summed E-state index contributed by atoms with van der Waals surface area (Å²) in [7, 11) is 0. The smallest absolute Gasteiger partial charge is 0.236 e. The van der Waals surface area contributed by atoms with Crippen LogP contribution in [0.15, 0.2) is 34.0 Å². The van der Waals surface area contributed by atoms with Gasteiger partial charge >= 0.3 is 0 Å². The number of halogens is 2. The van der Waals surface area contributed by atoms with Crippen molar-refractivity contribution in [1.29, 1.82) is 0 Å². The number of nitrogens with zero attached hydrogens (tertiary/aromatic N) is 4. The first-order chi connectivity index (χ1) is 13.3. The minimum absolute atomic E-state index is 0.133. The molecule has 0 saturated carbocycles. The minimum atomic E-state index is -0.250. The summed E-state index contributed by atoms with van der Waals surface area (Å²) in [6.45, 7) is 6.65. The zero-order valence-corrected chi connectivity index (χ0v) is 17.9. The Morgan fingerprint density at radius 3 is 2.79 bits per heavy atom. The van der Waals surface area contributed by atoms with E-state index in [1.807, 2.05) is 10.6 Å². The molecule has 0 atom stereocenters. The van der Waals surface area contributed by atoms with Gasteiger partial charge in [0.1, 0.15) is 0 Å². The van der Waals surface area contributed by atoms with E-state index in [0.29, 0.717) is 39.9 Å². The number of carbonyl (C=O) groups is 1. The largest absolute Gasteiger partial charge is 0.461 e. The standard InChI is InChI=1S/C18H19Cl2N5O2S/c1-10(2)8-25-17(14-5-4-6-27-14)23-24-18(25)28-9-15(26)22-16-13(20)7-12(19)11(3)21-16/h4-7,10H,8-9H2,1-3H3,(H,21,22,26). The van der Waals surface area contributed by atoms with Crippen LogP contribution in [-0.4, -0.2) is 31.4 Å². The van der Waals surface area contributed by atoms with E-state index in [2.05, 4.69) is 34.3 Å². The molecule has 1 N–H and O–H groups in total. The van der Waals surface area contributed by atoms with E-state index >= 15 is 0 Å². The second kappa shape index (κ2) is 8.98. The van der Waals surface area contributed by atoms with Gasteiger partial charge in [-0.05, 0) is 31.0 Å². The van der Waals surface area contributed by atoms with Gasteiger partial charge in [0, 0.05) is 6.54 Å². The van der Waals surface area contributed by atoms with Gasteiger partial charge in [-0.15, -0.1) is 10.2 Å². The summed E-state index contributed by atoms with van der Waals surface area (Å²) in [6.07, 6.45) is 1.59. The van der Waals surface area contributed by atoms with E-state index in [4.69, 9.17) is 27.6 Å². The third-order valence-corrected chi connectivity index (χ3v) is 5.34. The fraction of sp³-hybridized carbons (Fsp3) is 0.333.